The minimum Gasteiger partial charge on any atom is -0.495 e. The molecule has 0 unspecified atom stereocenters. The fourth-order valence-electron chi connectivity index (χ4n) is 2.29. The molecule has 1 fully saturated rings. The maximum absolute atomic E-state index is 12.3. The SMILES string of the molecule is C=CCN1CCN(C(=O)Nc2cc(Cl)ccc2OC)CC1. The molecule has 6 heteroatoms. The van der Waals surface area contributed by atoms with Crippen LogP contribution in [0.25, 0.3) is 0 Å². The van der Waals surface area contributed by atoms with Crippen LogP contribution in [0.2, 0.25) is 5.02 Å². The Kier molecular flexibility index (Phi) is 5.47. The number of methoxy groups -OCH3 is 1. The van der Waals surface area contributed by atoms with Gasteiger partial charge in [-0.05, 0) is 18.2 Å². The number of urea groups is 1. The lowest BCUT2D eigenvalue weighted by atomic mass is 10.3. The van der Waals surface area contributed by atoms with Crippen molar-refractivity contribution in [3.8, 4) is 5.75 Å². The molecule has 1 heterocycles. The van der Waals surface area contributed by atoms with Gasteiger partial charge in [0.2, 0.25) is 0 Å². The predicted octanol–water partition coefficient (Wildman–Crippen LogP) is 2.68. The van der Waals surface area contributed by atoms with Gasteiger partial charge in [-0.15, -0.1) is 6.58 Å². The summed E-state index contributed by atoms with van der Waals surface area (Å²) in [5, 5.41) is 3.42. The highest BCUT2D eigenvalue weighted by Crippen LogP contribution is 2.27. The van der Waals surface area contributed by atoms with Gasteiger partial charge in [-0.3, -0.25) is 4.90 Å². The number of carbonyl (C=O) groups is 1. The first kappa shape index (κ1) is 15.7. The quantitative estimate of drug-likeness (QED) is 0.870. The molecular formula is C15H20ClN3O2. The average Bonchev–Trinajstić information content (AvgIpc) is 2.48. The highest BCUT2D eigenvalue weighted by atomic mass is 35.5. The molecule has 2 rings (SSSR count). The Morgan fingerprint density at radius 3 is 2.76 bits per heavy atom. The van der Waals surface area contributed by atoms with E-state index in [0.29, 0.717) is 29.5 Å². The largest absolute Gasteiger partial charge is 0.495 e. The molecule has 114 valence electrons. The normalized spacial score (nSPS) is 15.6. The summed E-state index contributed by atoms with van der Waals surface area (Å²) in [4.78, 5) is 16.3. The molecule has 0 spiro atoms. The third-order valence-electron chi connectivity index (χ3n) is 3.45. The van der Waals surface area contributed by atoms with Gasteiger partial charge in [0.15, 0.2) is 0 Å². The second kappa shape index (κ2) is 7.33. The van der Waals surface area contributed by atoms with Gasteiger partial charge in [-0.1, -0.05) is 17.7 Å². The van der Waals surface area contributed by atoms with E-state index in [0.717, 1.165) is 19.6 Å². The first-order chi connectivity index (χ1) is 10.1. The maximum atomic E-state index is 12.3. The Labute approximate surface area is 130 Å². The molecular weight excluding hydrogens is 290 g/mol. The van der Waals surface area contributed by atoms with Crippen molar-refractivity contribution < 1.29 is 9.53 Å². The van der Waals surface area contributed by atoms with Crippen molar-refractivity contribution in [3.63, 3.8) is 0 Å². The summed E-state index contributed by atoms with van der Waals surface area (Å²) in [5.41, 5.74) is 0.587. The van der Waals surface area contributed by atoms with Crippen molar-refractivity contribution in [1.29, 1.82) is 0 Å². The number of hydrogen-bond acceptors (Lipinski definition) is 3. The van der Waals surface area contributed by atoms with Crippen LogP contribution in [0.15, 0.2) is 30.9 Å². The first-order valence-electron chi connectivity index (χ1n) is 6.86. The van der Waals surface area contributed by atoms with Gasteiger partial charge >= 0.3 is 6.03 Å². The molecule has 1 saturated heterocycles. The fourth-order valence-corrected chi connectivity index (χ4v) is 2.46. The van der Waals surface area contributed by atoms with Crippen molar-refractivity contribution in [3.05, 3.63) is 35.9 Å². The van der Waals surface area contributed by atoms with Gasteiger partial charge in [0.05, 0.1) is 12.8 Å². The van der Waals surface area contributed by atoms with Crippen LogP contribution in [0, 0.1) is 0 Å². The standard InChI is InChI=1S/C15H20ClN3O2/c1-3-6-18-7-9-19(10-8-18)15(20)17-13-11-12(16)4-5-14(13)21-2/h3-5,11H,1,6-10H2,2H3,(H,17,20). The third kappa shape index (κ3) is 4.12. The Bertz CT molecular complexity index is 514. The lowest BCUT2D eigenvalue weighted by Gasteiger charge is -2.34. The first-order valence-corrected chi connectivity index (χ1v) is 7.24. The second-order valence-electron chi connectivity index (χ2n) is 4.85. The smallest absolute Gasteiger partial charge is 0.322 e. The number of ether oxygens (including phenoxy) is 1. The number of hydrogen-bond donors (Lipinski definition) is 1. The van der Waals surface area contributed by atoms with E-state index in [-0.39, 0.29) is 6.03 Å². The monoisotopic (exact) mass is 309 g/mol. The van der Waals surface area contributed by atoms with Gasteiger partial charge in [0.1, 0.15) is 5.75 Å². The van der Waals surface area contributed by atoms with Crippen LogP contribution in [-0.2, 0) is 0 Å². The van der Waals surface area contributed by atoms with Gasteiger partial charge in [0, 0.05) is 37.7 Å². The van der Waals surface area contributed by atoms with Gasteiger partial charge < -0.3 is 15.0 Å². The summed E-state index contributed by atoms with van der Waals surface area (Å²) >= 11 is 5.96. The van der Waals surface area contributed by atoms with E-state index in [1.54, 1.807) is 30.2 Å². The lowest BCUT2D eigenvalue weighted by Crippen LogP contribution is -2.49. The molecule has 1 N–H and O–H groups in total. The van der Waals surface area contributed by atoms with Crippen molar-refractivity contribution in [1.82, 2.24) is 9.80 Å². The number of piperazine rings is 1. The van der Waals surface area contributed by atoms with Gasteiger partial charge in [-0.2, -0.15) is 0 Å². The van der Waals surface area contributed by atoms with E-state index in [1.807, 2.05) is 6.08 Å². The molecule has 5 nitrogen and oxygen atoms in total. The van der Waals surface area contributed by atoms with Crippen LogP contribution in [0.3, 0.4) is 0 Å². The molecule has 1 aliphatic heterocycles. The number of nitrogens with zero attached hydrogens (tertiary/aromatic N) is 2. The fraction of sp³-hybridized carbons (Fsp3) is 0.400. The summed E-state index contributed by atoms with van der Waals surface area (Å²) in [6.07, 6.45) is 1.88. The topological polar surface area (TPSA) is 44.8 Å². The minimum atomic E-state index is -0.131. The van der Waals surface area contributed by atoms with Crippen molar-refractivity contribution in [2.45, 2.75) is 0 Å². The second-order valence-corrected chi connectivity index (χ2v) is 5.29. The molecule has 1 aliphatic rings. The van der Waals surface area contributed by atoms with Crippen molar-refractivity contribution in [2.75, 3.05) is 45.2 Å². The van der Waals surface area contributed by atoms with Crippen LogP contribution < -0.4 is 10.1 Å². The molecule has 1 aromatic rings. The predicted molar refractivity (Wildman–Crippen MR) is 85.2 cm³/mol. The van der Waals surface area contributed by atoms with Crippen LogP contribution in [0.4, 0.5) is 10.5 Å². The summed E-state index contributed by atoms with van der Waals surface area (Å²) in [5.74, 6) is 0.595. The van der Waals surface area contributed by atoms with E-state index < -0.39 is 0 Å². The van der Waals surface area contributed by atoms with Crippen molar-refractivity contribution >= 4 is 23.3 Å². The molecule has 0 atom stereocenters. The Morgan fingerprint density at radius 1 is 1.43 bits per heavy atom. The summed E-state index contributed by atoms with van der Waals surface area (Å²) in [7, 11) is 1.56. The number of nitrogens with one attached hydrogen (secondary N) is 1. The molecule has 1 aromatic carbocycles. The van der Waals surface area contributed by atoms with Crippen LogP contribution in [-0.4, -0.2) is 55.7 Å². The number of anilines is 1. The molecule has 0 radical (unpaired) electrons. The molecule has 0 aliphatic carbocycles. The van der Waals surface area contributed by atoms with Crippen LogP contribution >= 0.6 is 11.6 Å². The highest BCUT2D eigenvalue weighted by molar-refractivity contribution is 6.31. The molecule has 0 bridgehead atoms. The van der Waals surface area contributed by atoms with E-state index in [1.165, 1.54) is 0 Å². The number of rotatable bonds is 4. The molecule has 0 saturated carbocycles. The Hall–Kier alpha value is -1.72. The number of halogens is 1. The van der Waals surface area contributed by atoms with Gasteiger partial charge in [0.25, 0.3) is 0 Å². The number of carbonyl (C=O) groups excluding carboxylic acids is 1. The minimum absolute atomic E-state index is 0.131. The zero-order valence-electron chi connectivity index (χ0n) is 12.1. The molecule has 0 aromatic heterocycles. The van der Waals surface area contributed by atoms with Crippen LogP contribution in [0.5, 0.6) is 5.75 Å². The molecule has 2 amide bonds. The third-order valence-corrected chi connectivity index (χ3v) is 3.69. The van der Waals surface area contributed by atoms with E-state index in [9.17, 15) is 4.79 Å². The highest BCUT2D eigenvalue weighted by Gasteiger charge is 2.21. The summed E-state index contributed by atoms with van der Waals surface area (Å²) < 4.78 is 5.23. The zero-order valence-corrected chi connectivity index (χ0v) is 12.9. The van der Waals surface area contributed by atoms with Crippen molar-refractivity contribution in [2.24, 2.45) is 0 Å². The maximum Gasteiger partial charge on any atom is 0.322 e. The average molecular weight is 310 g/mol. The Morgan fingerprint density at radius 2 is 2.14 bits per heavy atom. The number of amides is 2. The Balaban J connectivity index is 1.96. The van der Waals surface area contributed by atoms with E-state index >= 15 is 0 Å². The van der Waals surface area contributed by atoms with Gasteiger partial charge in [-0.25, -0.2) is 4.79 Å². The van der Waals surface area contributed by atoms with E-state index in [2.05, 4.69) is 16.8 Å². The van der Waals surface area contributed by atoms with Crippen LogP contribution in [0.1, 0.15) is 0 Å². The zero-order chi connectivity index (χ0) is 15.2. The summed E-state index contributed by atoms with van der Waals surface area (Å²) in [6, 6.07) is 5.02. The molecule has 21 heavy (non-hydrogen) atoms. The number of benzene rings is 1. The van der Waals surface area contributed by atoms with E-state index in [4.69, 9.17) is 16.3 Å². The summed E-state index contributed by atoms with van der Waals surface area (Å²) in [6.45, 7) is 7.69. The lowest BCUT2D eigenvalue weighted by molar-refractivity contribution is 0.155.